The Morgan fingerprint density at radius 3 is 2.44 bits per heavy atom. The summed E-state index contributed by atoms with van der Waals surface area (Å²) in [4.78, 5) is 0. The fourth-order valence-electron chi connectivity index (χ4n) is 1.82. The van der Waals surface area contributed by atoms with E-state index in [1.165, 1.54) is 5.56 Å². The van der Waals surface area contributed by atoms with E-state index in [4.69, 9.17) is 16.9 Å². The highest BCUT2D eigenvalue weighted by molar-refractivity contribution is 6.30. The molecule has 2 nitrogen and oxygen atoms in total. The number of hydrogen-bond acceptors (Lipinski definition) is 2. The second-order valence-corrected chi connectivity index (χ2v) is 4.68. The molecule has 0 aromatic heterocycles. The summed E-state index contributed by atoms with van der Waals surface area (Å²) in [6.07, 6.45) is 0. The van der Waals surface area contributed by atoms with E-state index in [-0.39, 0.29) is 0 Å². The zero-order valence-corrected chi connectivity index (χ0v) is 11.0. The summed E-state index contributed by atoms with van der Waals surface area (Å²) in [6.45, 7) is 4.09. The lowest BCUT2D eigenvalue weighted by Crippen LogP contribution is -1.96. The molecule has 90 valence electrons. The summed E-state index contributed by atoms with van der Waals surface area (Å²) < 4.78 is 0. The molecule has 18 heavy (non-hydrogen) atoms. The van der Waals surface area contributed by atoms with E-state index in [9.17, 15) is 0 Å². The summed E-state index contributed by atoms with van der Waals surface area (Å²) in [5.74, 6) is 0. The first kappa shape index (κ1) is 12.5. The molecule has 2 aromatic carbocycles. The molecule has 0 aliphatic carbocycles. The van der Waals surface area contributed by atoms with Crippen LogP contribution in [0.3, 0.4) is 0 Å². The molecule has 0 bridgehead atoms. The van der Waals surface area contributed by atoms with E-state index in [0.29, 0.717) is 10.6 Å². The Morgan fingerprint density at radius 2 is 1.78 bits per heavy atom. The maximum atomic E-state index is 9.09. The number of nitrogens with zero attached hydrogens (tertiary/aromatic N) is 1. The van der Waals surface area contributed by atoms with Crippen LogP contribution in [-0.4, -0.2) is 0 Å². The average molecular weight is 257 g/mol. The number of halogens is 1. The standard InChI is InChI=1S/C15H13ClN2/c1-10-3-5-14(11(2)7-10)18-15-6-4-13(16)8-12(15)9-17/h3-8,18H,1-2H3. The van der Waals surface area contributed by atoms with Crippen LogP contribution in [0, 0.1) is 25.2 Å². The van der Waals surface area contributed by atoms with Gasteiger partial charge in [-0.1, -0.05) is 29.3 Å². The van der Waals surface area contributed by atoms with Gasteiger partial charge in [0.15, 0.2) is 0 Å². The average Bonchev–Trinajstić information content (AvgIpc) is 2.34. The van der Waals surface area contributed by atoms with Gasteiger partial charge in [-0.05, 0) is 43.7 Å². The zero-order valence-electron chi connectivity index (χ0n) is 10.3. The lowest BCUT2D eigenvalue weighted by atomic mass is 10.1. The van der Waals surface area contributed by atoms with Crippen molar-refractivity contribution in [3.8, 4) is 6.07 Å². The van der Waals surface area contributed by atoms with E-state index in [2.05, 4.69) is 24.4 Å². The monoisotopic (exact) mass is 256 g/mol. The highest BCUT2D eigenvalue weighted by atomic mass is 35.5. The van der Waals surface area contributed by atoms with Gasteiger partial charge in [0.05, 0.1) is 11.3 Å². The van der Waals surface area contributed by atoms with Crippen LogP contribution < -0.4 is 5.32 Å². The molecule has 0 aliphatic heterocycles. The molecule has 0 unspecified atom stereocenters. The number of nitriles is 1. The van der Waals surface area contributed by atoms with Gasteiger partial charge in [-0.15, -0.1) is 0 Å². The summed E-state index contributed by atoms with van der Waals surface area (Å²) in [5, 5.41) is 12.9. The van der Waals surface area contributed by atoms with Crippen molar-refractivity contribution in [1.82, 2.24) is 0 Å². The van der Waals surface area contributed by atoms with Crippen molar-refractivity contribution in [2.24, 2.45) is 0 Å². The van der Waals surface area contributed by atoms with Crippen LogP contribution in [0.5, 0.6) is 0 Å². The normalized spacial score (nSPS) is 9.89. The molecule has 1 N–H and O–H groups in total. The molecular weight excluding hydrogens is 244 g/mol. The summed E-state index contributed by atoms with van der Waals surface area (Å²) in [6, 6.07) is 13.5. The largest absolute Gasteiger partial charge is 0.354 e. The Labute approximate surface area is 112 Å². The van der Waals surface area contributed by atoms with Gasteiger partial charge < -0.3 is 5.32 Å². The van der Waals surface area contributed by atoms with E-state index in [0.717, 1.165) is 16.9 Å². The van der Waals surface area contributed by atoms with Crippen LogP contribution in [0.15, 0.2) is 36.4 Å². The smallest absolute Gasteiger partial charge is 0.101 e. The minimum atomic E-state index is 0.544. The number of anilines is 2. The predicted octanol–water partition coefficient (Wildman–Crippen LogP) is 4.57. The van der Waals surface area contributed by atoms with Crippen LogP contribution >= 0.6 is 11.6 Å². The molecule has 0 amide bonds. The van der Waals surface area contributed by atoms with Gasteiger partial charge in [-0.3, -0.25) is 0 Å². The molecule has 0 radical (unpaired) electrons. The zero-order chi connectivity index (χ0) is 13.1. The van der Waals surface area contributed by atoms with Gasteiger partial charge in [0, 0.05) is 10.7 Å². The van der Waals surface area contributed by atoms with Crippen molar-refractivity contribution in [2.45, 2.75) is 13.8 Å². The Balaban J connectivity index is 2.37. The third kappa shape index (κ3) is 2.64. The molecule has 0 heterocycles. The van der Waals surface area contributed by atoms with E-state index in [1.54, 1.807) is 12.1 Å². The Hall–Kier alpha value is -1.98. The highest BCUT2D eigenvalue weighted by Crippen LogP contribution is 2.26. The van der Waals surface area contributed by atoms with E-state index in [1.807, 2.05) is 25.1 Å². The van der Waals surface area contributed by atoms with Crippen LogP contribution in [-0.2, 0) is 0 Å². The van der Waals surface area contributed by atoms with Crippen molar-refractivity contribution >= 4 is 23.0 Å². The Kier molecular flexibility index (Phi) is 3.55. The van der Waals surface area contributed by atoms with Crippen molar-refractivity contribution in [2.75, 3.05) is 5.32 Å². The summed E-state index contributed by atoms with van der Waals surface area (Å²) in [5.41, 5.74) is 4.68. The molecular formula is C15H13ClN2. The molecule has 2 rings (SSSR count). The molecule has 0 aliphatic rings. The van der Waals surface area contributed by atoms with Crippen LogP contribution in [0.25, 0.3) is 0 Å². The minimum Gasteiger partial charge on any atom is -0.354 e. The van der Waals surface area contributed by atoms with Gasteiger partial charge in [0.2, 0.25) is 0 Å². The summed E-state index contributed by atoms with van der Waals surface area (Å²) in [7, 11) is 0. The second-order valence-electron chi connectivity index (χ2n) is 4.25. The molecule has 0 spiro atoms. The van der Waals surface area contributed by atoms with Crippen LogP contribution in [0.4, 0.5) is 11.4 Å². The predicted molar refractivity (Wildman–Crippen MR) is 75.4 cm³/mol. The van der Waals surface area contributed by atoms with Crippen molar-refractivity contribution in [1.29, 1.82) is 5.26 Å². The van der Waals surface area contributed by atoms with Gasteiger partial charge in [-0.2, -0.15) is 5.26 Å². The molecule has 0 atom stereocenters. The molecule has 3 heteroatoms. The number of nitrogens with one attached hydrogen (secondary N) is 1. The van der Waals surface area contributed by atoms with Crippen LogP contribution in [0.1, 0.15) is 16.7 Å². The van der Waals surface area contributed by atoms with Crippen molar-refractivity contribution in [3.05, 3.63) is 58.1 Å². The number of aryl methyl sites for hydroxylation is 2. The highest BCUT2D eigenvalue weighted by Gasteiger charge is 2.05. The van der Waals surface area contributed by atoms with Crippen molar-refractivity contribution in [3.63, 3.8) is 0 Å². The Morgan fingerprint density at radius 1 is 1.06 bits per heavy atom. The van der Waals surface area contributed by atoms with Crippen LogP contribution in [0.2, 0.25) is 5.02 Å². The Bertz CT molecular complexity index is 627. The lowest BCUT2D eigenvalue weighted by Gasteiger charge is -2.11. The minimum absolute atomic E-state index is 0.544. The third-order valence-electron chi connectivity index (χ3n) is 2.75. The van der Waals surface area contributed by atoms with Gasteiger partial charge >= 0.3 is 0 Å². The number of rotatable bonds is 2. The molecule has 2 aromatic rings. The van der Waals surface area contributed by atoms with Gasteiger partial charge in [0.1, 0.15) is 6.07 Å². The van der Waals surface area contributed by atoms with Gasteiger partial charge in [0.25, 0.3) is 0 Å². The maximum Gasteiger partial charge on any atom is 0.101 e. The molecule has 0 saturated carbocycles. The fourth-order valence-corrected chi connectivity index (χ4v) is 1.99. The number of benzene rings is 2. The molecule has 0 fully saturated rings. The topological polar surface area (TPSA) is 35.8 Å². The fraction of sp³-hybridized carbons (Fsp3) is 0.133. The second kappa shape index (κ2) is 5.12. The van der Waals surface area contributed by atoms with E-state index >= 15 is 0 Å². The van der Waals surface area contributed by atoms with Crippen molar-refractivity contribution < 1.29 is 0 Å². The third-order valence-corrected chi connectivity index (χ3v) is 2.99. The van der Waals surface area contributed by atoms with Gasteiger partial charge in [-0.25, -0.2) is 0 Å². The first-order valence-electron chi connectivity index (χ1n) is 5.64. The molecule has 0 saturated heterocycles. The number of hydrogen-bond donors (Lipinski definition) is 1. The van der Waals surface area contributed by atoms with E-state index < -0.39 is 0 Å². The lowest BCUT2D eigenvalue weighted by molar-refractivity contribution is 1.36. The quantitative estimate of drug-likeness (QED) is 0.854. The first-order chi connectivity index (χ1) is 8.60. The first-order valence-corrected chi connectivity index (χ1v) is 6.02. The maximum absolute atomic E-state index is 9.09. The SMILES string of the molecule is Cc1ccc(Nc2ccc(Cl)cc2C#N)c(C)c1. The summed E-state index contributed by atoms with van der Waals surface area (Å²) >= 11 is 5.87.